The number of nitrogens with zero attached hydrogens (tertiary/aromatic N) is 1. The molecule has 0 radical (unpaired) electrons. The van der Waals surface area contributed by atoms with Crippen LogP contribution in [0.15, 0.2) is 43.0 Å². The average molecular weight is 290 g/mol. The average Bonchev–Trinajstić information content (AvgIpc) is 2.48. The van der Waals surface area contributed by atoms with E-state index in [0.29, 0.717) is 0 Å². The molecule has 3 rings (SSSR count). The topological polar surface area (TPSA) is 42.0 Å². The molecule has 22 heavy (non-hydrogen) atoms. The Kier molecular flexibility index (Phi) is 3.41. The van der Waals surface area contributed by atoms with Gasteiger partial charge < -0.3 is 5.32 Å². The molecular formula is C19H18N2O. The van der Waals surface area contributed by atoms with Gasteiger partial charge in [-0.2, -0.15) is 0 Å². The van der Waals surface area contributed by atoms with Crippen LogP contribution in [0.2, 0.25) is 0 Å². The fourth-order valence-electron chi connectivity index (χ4n) is 2.81. The van der Waals surface area contributed by atoms with Crippen LogP contribution in [-0.4, -0.2) is 10.9 Å². The lowest BCUT2D eigenvalue weighted by atomic mass is 9.99. The van der Waals surface area contributed by atoms with Crippen LogP contribution in [0.4, 0.5) is 5.69 Å². The van der Waals surface area contributed by atoms with E-state index < -0.39 is 0 Å². The van der Waals surface area contributed by atoms with Gasteiger partial charge >= 0.3 is 0 Å². The summed E-state index contributed by atoms with van der Waals surface area (Å²) in [5.74, 6) is -0.0802. The Balaban J connectivity index is 2.43. The highest BCUT2D eigenvalue weighted by Gasteiger charge is 2.12. The molecule has 1 N–H and O–H groups in total. The van der Waals surface area contributed by atoms with Gasteiger partial charge in [0.1, 0.15) is 0 Å². The molecular weight excluding hydrogens is 272 g/mol. The highest BCUT2D eigenvalue weighted by atomic mass is 16.1. The Morgan fingerprint density at radius 3 is 2.36 bits per heavy atom. The fourth-order valence-corrected chi connectivity index (χ4v) is 2.81. The minimum absolute atomic E-state index is 0.0802. The van der Waals surface area contributed by atoms with Gasteiger partial charge in [0.15, 0.2) is 0 Å². The second kappa shape index (κ2) is 5.26. The lowest BCUT2D eigenvalue weighted by molar-refractivity contribution is -0.114. The predicted octanol–water partition coefficient (Wildman–Crippen LogP) is 4.69. The molecule has 0 bridgehead atoms. The number of aryl methyl sites for hydroxylation is 1. The zero-order valence-electron chi connectivity index (χ0n) is 13.0. The van der Waals surface area contributed by atoms with Gasteiger partial charge in [0.2, 0.25) is 5.91 Å². The van der Waals surface area contributed by atoms with E-state index in [1.165, 1.54) is 6.92 Å². The van der Waals surface area contributed by atoms with E-state index in [4.69, 9.17) is 4.98 Å². The third kappa shape index (κ3) is 2.25. The Labute approximate surface area is 129 Å². The summed E-state index contributed by atoms with van der Waals surface area (Å²) in [7, 11) is 0. The van der Waals surface area contributed by atoms with Crippen molar-refractivity contribution in [2.75, 3.05) is 5.32 Å². The first-order valence-electron chi connectivity index (χ1n) is 7.24. The monoisotopic (exact) mass is 290 g/mol. The fraction of sp³-hybridized carbons (Fsp3) is 0.158. The third-order valence-electron chi connectivity index (χ3n) is 3.84. The maximum absolute atomic E-state index is 11.3. The van der Waals surface area contributed by atoms with Crippen LogP contribution < -0.4 is 5.32 Å². The minimum Gasteiger partial charge on any atom is -0.326 e. The van der Waals surface area contributed by atoms with Crippen LogP contribution in [0.1, 0.15) is 25.1 Å². The van der Waals surface area contributed by atoms with Crippen LogP contribution in [-0.2, 0) is 4.79 Å². The summed E-state index contributed by atoms with van der Waals surface area (Å²) in [4.78, 5) is 16.2. The summed E-state index contributed by atoms with van der Waals surface area (Å²) in [6, 6.07) is 12.2. The number of carbonyl (C=O) groups excluding carboxylic acids is 1. The number of allylic oxidation sites excluding steroid dienone is 1. The van der Waals surface area contributed by atoms with E-state index in [9.17, 15) is 4.79 Å². The highest BCUT2D eigenvalue weighted by molar-refractivity contribution is 6.11. The van der Waals surface area contributed by atoms with Gasteiger partial charge in [-0.25, -0.2) is 4.98 Å². The quantitative estimate of drug-likeness (QED) is 0.696. The van der Waals surface area contributed by atoms with Crippen LogP contribution >= 0.6 is 0 Å². The molecule has 0 unspecified atom stereocenters. The SMILES string of the molecule is C=C(C)c1nc2c(C)c(NC(C)=O)ccc2c2ccccc12. The molecule has 0 saturated heterocycles. The zero-order valence-corrected chi connectivity index (χ0v) is 13.0. The summed E-state index contributed by atoms with van der Waals surface area (Å²) < 4.78 is 0. The Morgan fingerprint density at radius 1 is 1.05 bits per heavy atom. The maximum atomic E-state index is 11.3. The molecule has 3 nitrogen and oxygen atoms in total. The van der Waals surface area contributed by atoms with Crippen LogP contribution in [0.5, 0.6) is 0 Å². The van der Waals surface area contributed by atoms with Gasteiger partial charge in [0.25, 0.3) is 0 Å². The van der Waals surface area contributed by atoms with Crippen LogP contribution in [0.25, 0.3) is 27.2 Å². The molecule has 1 heterocycles. The van der Waals surface area contributed by atoms with Crippen LogP contribution in [0, 0.1) is 6.92 Å². The van der Waals surface area contributed by atoms with Crippen molar-refractivity contribution in [2.45, 2.75) is 20.8 Å². The lowest BCUT2D eigenvalue weighted by Crippen LogP contribution is -2.07. The summed E-state index contributed by atoms with van der Waals surface area (Å²) in [6.07, 6.45) is 0. The molecule has 3 aromatic rings. The molecule has 0 aliphatic rings. The molecule has 0 aliphatic heterocycles. The number of nitrogens with one attached hydrogen (secondary N) is 1. The first-order valence-corrected chi connectivity index (χ1v) is 7.24. The molecule has 0 fully saturated rings. The molecule has 110 valence electrons. The lowest BCUT2D eigenvalue weighted by Gasteiger charge is -2.14. The summed E-state index contributed by atoms with van der Waals surface area (Å²) in [5.41, 5.74) is 4.52. The highest BCUT2D eigenvalue weighted by Crippen LogP contribution is 2.33. The Morgan fingerprint density at radius 2 is 1.73 bits per heavy atom. The van der Waals surface area contributed by atoms with Crippen molar-refractivity contribution in [1.29, 1.82) is 0 Å². The molecule has 0 aliphatic carbocycles. The van der Waals surface area contributed by atoms with E-state index >= 15 is 0 Å². The molecule has 1 aromatic heterocycles. The van der Waals surface area contributed by atoms with Crippen molar-refractivity contribution in [3.8, 4) is 0 Å². The van der Waals surface area contributed by atoms with Crippen molar-refractivity contribution in [2.24, 2.45) is 0 Å². The number of hydrogen-bond acceptors (Lipinski definition) is 2. The predicted molar refractivity (Wildman–Crippen MR) is 93.0 cm³/mol. The van der Waals surface area contributed by atoms with Gasteiger partial charge in [-0.1, -0.05) is 36.9 Å². The van der Waals surface area contributed by atoms with Crippen molar-refractivity contribution in [3.05, 3.63) is 54.2 Å². The number of fused-ring (bicyclic) bond motifs is 3. The number of anilines is 1. The van der Waals surface area contributed by atoms with Gasteiger partial charge in [-0.15, -0.1) is 0 Å². The zero-order chi connectivity index (χ0) is 15.9. The number of aromatic nitrogens is 1. The van der Waals surface area contributed by atoms with Gasteiger partial charge in [-0.3, -0.25) is 4.79 Å². The second-order valence-corrected chi connectivity index (χ2v) is 5.60. The Bertz CT molecular complexity index is 926. The Hall–Kier alpha value is -2.68. The standard InChI is InChI=1S/C19H18N2O/c1-11(2)18-15-8-6-5-7-14(15)16-9-10-17(20-13(4)22)12(3)19(16)21-18/h5-10H,1H2,2-4H3,(H,20,22). The number of hydrogen-bond donors (Lipinski definition) is 1. The number of pyridine rings is 1. The van der Waals surface area contributed by atoms with E-state index in [2.05, 4.69) is 24.0 Å². The normalized spacial score (nSPS) is 10.9. The summed E-state index contributed by atoms with van der Waals surface area (Å²) >= 11 is 0. The van der Waals surface area contributed by atoms with E-state index in [1.807, 2.05) is 38.1 Å². The first-order chi connectivity index (χ1) is 10.5. The van der Waals surface area contributed by atoms with Gasteiger partial charge in [-0.05, 0) is 36.4 Å². The van der Waals surface area contributed by atoms with Crippen molar-refractivity contribution in [1.82, 2.24) is 4.98 Å². The van der Waals surface area contributed by atoms with Crippen molar-refractivity contribution >= 4 is 38.8 Å². The van der Waals surface area contributed by atoms with Gasteiger partial charge in [0, 0.05) is 23.4 Å². The van der Waals surface area contributed by atoms with Crippen molar-refractivity contribution < 1.29 is 4.79 Å². The van der Waals surface area contributed by atoms with E-state index in [-0.39, 0.29) is 5.91 Å². The second-order valence-electron chi connectivity index (χ2n) is 5.60. The number of carbonyl (C=O) groups is 1. The number of benzene rings is 2. The number of rotatable bonds is 2. The molecule has 3 heteroatoms. The van der Waals surface area contributed by atoms with Crippen molar-refractivity contribution in [3.63, 3.8) is 0 Å². The van der Waals surface area contributed by atoms with E-state index in [1.54, 1.807) is 0 Å². The molecule has 0 saturated carbocycles. The first kappa shape index (κ1) is 14.3. The summed E-state index contributed by atoms with van der Waals surface area (Å²) in [6.45, 7) is 9.51. The largest absolute Gasteiger partial charge is 0.326 e. The summed E-state index contributed by atoms with van der Waals surface area (Å²) in [5, 5.41) is 6.21. The number of amides is 1. The van der Waals surface area contributed by atoms with Gasteiger partial charge in [0.05, 0.1) is 11.2 Å². The molecule has 0 atom stereocenters. The maximum Gasteiger partial charge on any atom is 0.221 e. The molecule has 0 spiro atoms. The van der Waals surface area contributed by atoms with E-state index in [0.717, 1.165) is 44.2 Å². The molecule has 2 aromatic carbocycles. The minimum atomic E-state index is -0.0802. The molecule has 1 amide bonds. The smallest absolute Gasteiger partial charge is 0.221 e. The van der Waals surface area contributed by atoms with Crippen LogP contribution in [0.3, 0.4) is 0 Å². The third-order valence-corrected chi connectivity index (χ3v) is 3.84.